The molecule has 3 aromatic heterocycles. The summed E-state index contributed by atoms with van der Waals surface area (Å²) in [4.78, 5) is 4.30. The molecule has 3 heterocycles. The molecule has 4 aromatic rings. The topological polar surface area (TPSA) is 80.5 Å². The van der Waals surface area contributed by atoms with Gasteiger partial charge in [0, 0.05) is 0 Å². The Morgan fingerprint density at radius 2 is 1.88 bits per heavy atom. The van der Waals surface area contributed by atoms with Crippen LogP contribution in [0.15, 0.2) is 81.5 Å². The molecule has 126 valence electrons. The van der Waals surface area contributed by atoms with Crippen LogP contribution in [-0.2, 0) is 6.54 Å². The molecule has 1 aromatic carbocycles. The summed E-state index contributed by atoms with van der Waals surface area (Å²) in [5, 5.41) is 19.0. The monoisotopic (exact) mass is 359 g/mol. The van der Waals surface area contributed by atoms with Crippen LogP contribution in [0.4, 0.5) is 0 Å². The van der Waals surface area contributed by atoms with E-state index >= 15 is 0 Å². The molecule has 7 heteroatoms. The fourth-order valence-corrected chi connectivity index (χ4v) is 3.31. The number of hydrogen-bond donors (Lipinski definition) is 0. The van der Waals surface area contributed by atoms with Crippen molar-refractivity contribution in [3.05, 3.63) is 78.2 Å². The number of nitriles is 1. The van der Waals surface area contributed by atoms with Crippen molar-refractivity contribution in [1.29, 1.82) is 5.26 Å². The largest absolute Gasteiger partial charge is 0.461 e. The molecule has 0 spiro atoms. The van der Waals surface area contributed by atoms with Crippen molar-refractivity contribution >= 4 is 11.8 Å². The van der Waals surface area contributed by atoms with Gasteiger partial charge in [-0.05, 0) is 41.6 Å². The van der Waals surface area contributed by atoms with Crippen molar-refractivity contribution in [2.24, 2.45) is 0 Å². The fourth-order valence-electron chi connectivity index (χ4n) is 2.49. The van der Waals surface area contributed by atoms with Crippen molar-refractivity contribution in [3.8, 4) is 17.7 Å². The molecule has 0 aliphatic heterocycles. The van der Waals surface area contributed by atoms with E-state index in [-0.39, 0.29) is 0 Å². The quantitative estimate of drug-likeness (QED) is 0.536. The van der Waals surface area contributed by atoms with Gasteiger partial charge in [-0.1, -0.05) is 36.4 Å². The summed E-state index contributed by atoms with van der Waals surface area (Å²) in [7, 11) is 0. The Labute approximate surface area is 154 Å². The van der Waals surface area contributed by atoms with Gasteiger partial charge in [-0.2, -0.15) is 5.26 Å². The number of hydrogen-bond acceptors (Lipinski definition) is 6. The summed E-state index contributed by atoms with van der Waals surface area (Å²) in [5.74, 6) is 1.30. The molecule has 0 atom stereocenters. The Morgan fingerprint density at radius 1 is 1.00 bits per heavy atom. The standard InChI is InChI=1S/C19H13N5OS/c20-12-15-8-4-10-17(21-15)26-19-23-22-18(16-9-5-11-25-16)24(19)13-14-6-2-1-3-7-14/h1-11H,13H2. The molecule has 0 N–H and O–H groups in total. The van der Waals surface area contributed by atoms with E-state index in [1.807, 2.05) is 41.0 Å². The number of benzene rings is 1. The maximum atomic E-state index is 9.04. The third-order valence-corrected chi connectivity index (χ3v) is 4.60. The van der Waals surface area contributed by atoms with Crippen LogP contribution in [0.2, 0.25) is 0 Å². The van der Waals surface area contributed by atoms with E-state index in [1.54, 1.807) is 18.4 Å². The van der Waals surface area contributed by atoms with E-state index in [0.29, 0.717) is 34.0 Å². The lowest BCUT2D eigenvalue weighted by Crippen LogP contribution is -2.04. The van der Waals surface area contributed by atoms with E-state index in [4.69, 9.17) is 9.68 Å². The molecule has 0 amide bonds. The van der Waals surface area contributed by atoms with Crippen molar-refractivity contribution in [3.63, 3.8) is 0 Å². The van der Waals surface area contributed by atoms with Crippen LogP contribution in [-0.4, -0.2) is 19.7 Å². The van der Waals surface area contributed by atoms with Gasteiger partial charge in [0.2, 0.25) is 5.82 Å². The Hall–Kier alpha value is -3.37. The van der Waals surface area contributed by atoms with Crippen LogP contribution < -0.4 is 0 Å². The maximum absolute atomic E-state index is 9.04. The molecule has 6 nitrogen and oxygen atoms in total. The molecule has 0 fully saturated rings. The average molecular weight is 359 g/mol. The zero-order valence-corrected chi connectivity index (χ0v) is 14.4. The number of pyridine rings is 1. The van der Waals surface area contributed by atoms with Crippen molar-refractivity contribution < 1.29 is 4.42 Å². The number of rotatable bonds is 5. The highest BCUT2D eigenvalue weighted by Crippen LogP contribution is 2.29. The van der Waals surface area contributed by atoms with E-state index in [9.17, 15) is 0 Å². The second kappa shape index (κ2) is 7.25. The average Bonchev–Trinajstić information content (AvgIpc) is 3.33. The van der Waals surface area contributed by atoms with Crippen LogP contribution in [0, 0.1) is 11.3 Å². The first kappa shape index (κ1) is 16.1. The Balaban J connectivity index is 1.73. The van der Waals surface area contributed by atoms with E-state index in [0.717, 1.165) is 5.56 Å². The van der Waals surface area contributed by atoms with Gasteiger partial charge in [0.25, 0.3) is 0 Å². The van der Waals surface area contributed by atoms with Crippen LogP contribution in [0.5, 0.6) is 0 Å². The molecule has 0 unspecified atom stereocenters. The van der Waals surface area contributed by atoms with Crippen LogP contribution in [0.3, 0.4) is 0 Å². The molecule has 4 rings (SSSR count). The van der Waals surface area contributed by atoms with Gasteiger partial charge in [0.05, 0.1) is 12.8 Å². The smallest absolute Gasteiger partial charge is 0.200 e. The zero-order chi connectivity index (χ0) is 17.8. The minimum atomic E-state index is 0.371. The predicted molar refractivity (Wildman–Crippen MR) is 96.3 cm³/mol. The van der Waals surface area contributed by atoms with Crippen molar-refractivity contribution in [1.82, 2.24) is 19.7 Å². The van der Waals surface area contributed by atoms with Crippen LogP contribution in [0.25, 0.3) is 11.6 Å². The Bertz CT molecular complexity index is 1050. The Kier molecular flexibility index (Phi) is 4.50. The molecule has 0 radical (unpaired) electrons. The fraction of sp³-hybridized carbons (Fsp3) is 0.0526. The summed E-state index contributed by atoms with van der Waals surface area (Å²) in [5.41, 5.74) is 1.50. The molecular formula is C19H13N5OS. The third kappa shape index (κ3) is 3.36. The van der Waals surface area contributed by atoms with E-state index in [1.165, 1.54) is 11.8 Å². The first-order chi connectivity index (χ1) is 12.8. The molecule has 0 bridgehead atoms. The van der Waals surface area contributed by atoms with E-state index in [2.05, 4.69) is 33.4 Å². The summed E-state index contributed by atoms with van der Waals surface area (Å²) >= 11 is 1.37. The number of aromatic nitrogens is 4. The molecular weight excluding hydrogens is 346 g/mol. The minimum absolute atomic E-state index is 0.371. The lowest BCUT2D eigenvalue weighted by molar-refractivity contribution is 0.569. The second-order valence-electron chi connectivity index (χ2n) is 5.43. The minimum Gasteiger partial charge on any atom is -0.461 e. The van der Waals surface area contributed by atoms with Crippen molar-refractivity contribution in [2.45, 2.75) is 16.7 Å². The summed E-state index contributed by atoms with van der Waals surface area (Å²) in [6.07, 6.45) is 1.61. The highest BCUT2D eigenvalue weighted by molar-refractivity contribution is 7.99. The van der Waals surface area contributed by atoms with Gasteiger partial charge in [-0.25, -0.2) is 4.98 Å². The summed E-state index contributed by atoms with van der Waals surface area (Å²) in [6, 6.07) is 21.1. The van der Waals surface area contributed by atoms with Gasteiger partial charge < -0.3 is 4.42 Å². The first-order valence-electron chi connectivity index (χ1n) is 7.89. The van der Waals surface area contributed by atoms with Gasteiger partial charge in [0.15, 0.2) is 10.9 Å². The molecule has 0 aliphatic carbocycles. The highest BCUT2D eigenvalue weighted by Gasteiger charge is 2.17. The number of nitrogens with zero attached hydrogens (tertiary/aromatic N) is 5. The zero-order valence-electron chi connectivity index (χ0n) is 13.6. The van der Waals surface area contributed by atoms with E-state index < -0.39 is 0 Å². The van der Waals surface area contributed by atoms with Crippen molar-refractivity contribution in [2.75, 3.05) is 0 Å². The molecule has 26 heavy (non-hydrogen) atoms. The third-order valence-electron chi connectivity index (χ3n) is 3.68. The lowest BCUT2D eigenvalue weighted by Gasteiger charge is -2.09. The maximum Gasteiger partial charge on any atom is 0.200 e. The summed E-state index contributed by atoms with van der Waals surface area (Å²) in [6.45, 7) is 0.601. The SMILES string of the molecule is N#Cc1cccc(Sc2nnc(-c3ccco3)n2Cc2ccccc2)n1. The first-order valence-corrected chi connectivity index (χ1v) is 8.71. The number of furan rings is 1. The van der Waals surface area contributed by atoms with Gasteiger partial charge in [-0.15, -0.1) is 10.2 Å². The molecule has 0 aliphatic rings. The normalized spacial score (nSPS) is 10.6. The van der Waals surface area contributed by atoms with Gasteiger partial charge in [0.1, 0.15) is 16.8 Å². The Morgan fingerprint density at radius 3 is 2.65 bits per heavy atom. The highest BCUT2D eigenvalue weighted by atomic mass is 32.2. The van der Waals surface area contributed by atoms with Gasteiger partial charge in [-0.3, -0.25) is 4.57 Å². The predicted octanol–water partition coefficient (Wildman–Crippen LogP) is 4.00. The molecule has 0 saturated heterocycles. The van der Waals surface area contributed by atoms with Crippen LogP contribution >= 0.6 is 11.8 Å². The second-order valence-corrected chi connectivity index (χ2v) is 6.42. The molecule has 0 saturated carbocycles. The van der Waals surface area contributed by atoms with Gasteiger partial charge >= 0.3 is 0 Å². The lowest BCUT2D eigenvalue weighted by atomic mass is 10.2. The van der Waals surface area contributed by atoms with Crippen LogP contribution in [0.1, 0.15) is 11.3 Å². The summed E-state index contributed by atoms with van der Waals surface area (Å²) < 4.78 is 7.49.